The minimum absolute atomic E-state index is 0.0548. The number of nitrogens with zero attached hydrogens (tertiary/aromatic N) is 2. The maximum atomic E-state index is 10.6. The molecule has 4 nitrogen and oxygen atoms in total. The van der Waals surface area contributed by atoms with E-state index in [0.29, 0.717) is 0 Å². The van der Waals surface area contributed by atoms with E-state index in [1.54, 1.807) is 18.3 Å². The van der Waals surface area contributed by atoms with Crippen LogP contribution in [0.1, 0.15) is 11.1 Å². The van der Waals surface area contributed by atoms with Crippen LogP contribution in [0.3, 0.4) is 0 Å². The van der Waals surface area contributed by atoms with Crippen molar-refractivity contribution in [2.24, 2.45) is 4.99 Å². The zero-order valence-corrected chi connectivity index (χ0v) is 13.8. The molecule has 0 radical (unpaired) electrons. The molecule has 0 unspecified atom stereocenters. The van der Waals surface area contributed by atoms with Gasteiger partial charge in [-0.1, -0.05) is 0 Å². The van der Waals surface area contributed by atoms with Gasteiger partial charge in [-0.2, -0.15) is 0 Å². The Morgan fingerprint density at radius 2 is 1.76 bits per heavy atom. The van der Waals surface area contributed by atoms with Crippen molar-refractivity contribution < 1.29 is 18.4 Å². The second kappa shape index (κ2) is 7.55. The zero-order valence-electron chi connectivity index (χ0n) is 10.6. The molecule has 0 atom stereocenters. The number of non-ortho nitro benzene ring substituents is 1. The summed E-state index contributed by atoms with van der Waals surface area (Å²) in [6.07, 6.45) is 1.65. The number of aliphatic imine (C=N–C) groups is 1. The summed E-state index contributed by atoms with van der Waals surface area (Å²) in [4.78, 5) is 14.5. The minimum atomic E-state index is -1.91. The number of rotatable bonds is 4. The van der Waals surface area contributed by atoms with Gasteiger partial charge in [-0.15, -0.1) is 0 Å². The van der Waals surface area contributed by atoms with Crippen molar-refractivity contribution in [1.29, 1.82) is 0 Å². The Hall–Kier alpha value is -1.42. The third-order valence-electron chi connectivity index (χ3n) is 2.58. The fraction of sp³-hybridized carbons (Fsp3) is 0. The number of hydrogen-bond acceptors (Lipinski definition) is 3. The maximum absolute atomic E-state index is 10.6. The zero-order chi connectivity index (χ0) is 15.2. The van der Waals surface area contributed by atoms with Gasteiger partial charge in [-0.3, -0.25) is 0 Å². The summed E-state index contributed by atoms with van der Waals surface area (Å²) in [5.41, 5.74) is 2.48. The van der Waals surface area contributed by atoms with Crippen LogP contribution < -0.4 is 0 Å². The van der Waals surface area contributed by atoms with Crippen LogP contribution in [0.5, 0.6) is 0 Å². The van der Waals surface area contributed by atoms with Crippen molar-refractivity contribution in [2.45, 2.75) is 0 Å². The fourth-order valence-corrected chi connectivity index (χ4v) is 3.42. The predicted octanol–water partition coefficient (Wildman–Crippen LogP) is 4.42. The molecule has 0 fully saturated rings. The number of halogens is 2. The van der Waals surface area contributed by atoms with Crippen LogP contribution >= 0.6 is 19.4 Å². The van der Waals surface area contributed by atoms with Gasteiger partial charge in [0.1, 0.15) is 0 Å². The molecule has 0 N–H and O–H groups in total. The summed E-state index contributed by atoms with van der Waals surface area (Å²) in [6, 6.07) is 13.7. The molecule has 0 saturated carbocycles. The molecule has 2 aromatic carbocycles. The molecule has 0 bridgehead atoms. The average Bonchev–Trinajstić information content (AvgIpc) is 2.46. The first-order valence-electron chi connectivity index (χ1n) is 5.77. The van der Waals surface area contributed by atoms with E-state index >= 15 is 0 Å². The van der Waals surface area contributed by atoms with Gasteiger partial charge in [0.05, 0.1) is 0 Å². The quantitative estimate of drug-likeness (QED) is 0.324. The van der Waals surface area contributed by atoms with Gasteiger partial charge >= 0.3 is 135 Å². The summed E-state index contributed by atoms with van der Waals surface area (Å²) >= 11 is -1.91. The Morgan fingerprint density at radius 1 is 1.10 bits per heavy atom. The summed E-state index contributed by atoms with van der Waals surface area (Å²) in [5.74, 6) is 0. The number of para-hydroxylation sites is 1. The van der Waals surface area contributed by atoms with E-state index in [1.807, 2.05) is 28.9 Å². The third-order valence-corrected chi connectivity index (χ3v) is 4.41. The molecule has 110 valence electrons. The van der Waals surface area contributed by atoms with Crippen LogP contribution in [0.15, 0.2) is 53.5 Å². The van der Waals surface area contributed by atoms with E-state index in [0.717, 1.165) is 16.8 Å². The van der Waals surface area contributed by atoms with Crippen LogP contribution in [0.2, 0.25) is 0 Å². The first-order valence-corrected chi connectivity index (χ1v) is 11.2. The van der Waals surface area contributed by atoms with Crippen molar-refractivity contribution in [2.75, 3.05) is 0 Å². The molecule has 0 aliphatic carbocycles. The Bertz CT molecular complexity index is 711. The van der Waals surface area contributed by atoms with E-state index < -0.39 is 18.4 Å². The molecular weight excluding hydrogens is 400 g/mol. The molecule has 21 heavy (non-hydrogen) atoms. The van der Waals surface area contributed by atoms with Gasteiger partial charge in [0.2, 0.25) is 0 Å². The Kier molecular flexibility index (Phi) is 5.74. The van der Waals surface area contributed by atoms with Gasteiger partial charge in [0, 0.05) is 0 Å². The first kappa shape index (κ1) is 16.0. The van der Waals surface area contributed by atoms with Crippen molar-refractivity contribution in [1.82, 2.24) is 0 Å². The summed E-state index contributed by atoms with van der Waals surface area (Å²) < 4.78 is 1.83. The van der Waals surface area contributed by atoms with Gasteiger partial charge in [-0.25, -0.2) is 0 Å². The predicted molar refractivity (Wildman–Crippen MR) is 83.7 cm³/mol. The van der Waals surface area contributed by atoms with E-state index in [4.69, 9.17) is 19.4 Å². The Balaban J connectivity index is 2.25. The van der Waals surface area contributed by atoms with E-state index in [-0.39, 0.29) is 5.69 Å². The van der Waals surface area contributed by atoms with Crippen molar-refractivity contribution in [3.8, 4) is 0 Å². The van der Waals surface area contributed by atoms with Crippen molar-refractivity contribution in [3.63, 3.8) is 0 Å². The number of nitro benzene ring substituents is 1. The van der Waals surface area contributed by atoms with Crippen LogP contribution in [0.4, 0.5) is 11.4 Å². The molecule has 7 heteroatoms. The standard InChI is InChI=1S/C14H10N2O2.2ClH.Ru/c1-11-4-2-3-5-14(11)15-10-12-6-8-13(9-7-12)16(17)18;;;/h1-10H;2*1H;/q;;;+2/p-2. The number of nitro groups is 1. The van der Waals surface area contributed by atoms with Crippen molar-refractivity contribution in [3.05, 3.63) is 69.8 Å². The second-order valence-corrected chi connectivity index (χ2v) is 9.70. The van der Waals surface area contributed by atoms with Crippen LogP contribution in [0.25, 0.3) is 0 Å². The van der Waals surface area contributed by atoms with Crippen LogP contribution in [-0.2, 0) is 13.5 Å². The second-order valence-electron chi connectivity index (χ2n) is 3.97. The molecule has 2 aromatic rings. The molecular formula is C14H10Cl2N2O2Ru. The Labute approximate surface area is 134 Å². The van der Waals surface area contributed by atoms with Crippen molar-refractivity contribution >= 4 is 41.6 Å². The van der Waals surface area contributed by atoms with Crippen LogP contribution in [-0.4, -0.2) is 15.7 Å². The third kappa shape index (κ3) is 4.81. The Morgan fingerprint density at radius 3 is 2.38 bits per heavy atom. The number of hydrogen-bond donors (Lipinski definition) is 0. The SMILES string of the molecule is O=[N+]([O-])c1ccc(C=Nc2ccccc2[CH]=[Ru]([Cl])[Cl])cc1. The van der Waals surface area contributed by atoms with Gasteiger partial charge in [0.15, 0.2) is 0 Å². The van der Waals surface area contributed by atoms with E-state index in [1.165, 1.54) is 12.1 Å². The molecule has 0 saturated heterocycles. The molecule has 2 rings (SSSR count). The molecule has 0 spiro atoms. The molecule has 0 aliphatic rings. The topological polar surface area (TPSA) is 55.5 Å². The van der Waals surface area contributed by atoms with Gasteiger partial charge in [0.25, 0.3) is 0 Å². The molecule has 0 amide bonds. The summed E-state index contributed by atoms with van der Waals surface area (Å²) in [5, 5.41) is 10.6. The molecule has 0 aromatic heterocycles. The summed E-state index contributed by atoms with van der Waals surface area (Å²) in [7, 11) is 11.8. The van der Waals surface area contributed by atoms with E-state index in [9.17, 15) is 10.1 Å². The molecule has 0 aliphatic heterocycles. The van der Waals surface area contributed by atoms with Gasteiger partial charge in [-0.05, 0) is 0 Å². The average molecular weight is 410 g/mol. The van der Waals surface area contributed by atoms with Crippen LogP contribution in [0, 0.1) is 10.1 Å². The fourth-order valence-electron chi connectivity index (χ4n) is 1.60. The van der Waals surface area contributed by atoms with E-state index in [2.05, 4.69) is 4.99 Å². The number of benzene rings is 2. The van der Waals surface area contributed by atoms with Gasteiger partial charge < -0.3 is 0 Å². The molecule has 0 heterocycles. The summed E-state index contributed by atoms with van der Waals surface area (Å²) in [6.45, 7) is 0. The first-order chi connectivity index (χ1) is 10.1. The normalized spacial score (nSPS) is 11.4. The monoisotopic (exact) mass is 410 g/mol.